The lowest BCUT2D eigenvalue weighted by Gasteiger charge is -2.59. The van der Waals surface area contributed by atoms with Gasteiger partial charge in [0.05, 0.1) is 25.2 Å². The molecule has 3 fully saturated rings. The molecule has 2 amide bonds. The van der Waals surface area contributed by atoms with Crippen molar-refractivity contribution in [3.8, 4) is 0 Å². The Labute approximate surface area is 156 Å². The van der Waals surface area contributed by atoms with Crippen molar-refractivity contribution in [3.63, 3.8) is 0 Å². The summed E-state index contributed by atoms with van der Waals surface area (Å²) in [5, 5.41) is 9.79. The Kier molecular flexibility index (Phi) is 4.58. The quantitative estimate of drug-likeness (QED) is 0.836. The van der Waals surface area contributed by atoms with E-state index >= 15 is 0 Å². The van der Waals surface area contributed by atoms with E-state index in [0.717, 1.165) is 35.7 Å². The summed E-state index contributed by atoms with van der Waals surface area (Å²) >= 11 is 3.44. The number of nitrogens with zero attached hydrogens (tertiary/aromatic N) is 2. The first kappa shape index (κ1) is 17.0. The van der Waals surface area contributed by atoms with Crippen molar-refractivity contribution in [3.05, 3.63) is 34.3 Å². The molecule has 3 aliphatic rings. The van der Waals surface area contributed by atoms with Gasteiger partial charge in [0.1, 0.15) is 0 Å². The molecule has 0 unspecified atom stereocenters. The van der Waals surface area contributed by atoms with E-state index in [0.29, 0.717) is 6.54 Å². The fourth-order valence-corrected chi connectivity index (χ4v) is 5.05. The topological polar surface area (TPSA) is 60.9 Å². The van der Waals surface area contributed by atoms with Crippen molar-refractivity contribution in [2.45, 2.75) is 43.7 Å². The van der Waals surface area contributed by atoms with Gasteiger partial charge in [-0.2, -0.15) is 0 Å². The van der Waals surface area contributed by atoms with Crippen molar-refractivity contribution in [1.82, 2.24) is 9.80 Å². The minimum Gasteiger partial charge on any atom is -0.394 e. The van der Waals surface area contributed by atoms with Gasteiger partial charge in [0.25, 0.3) is 0 Å². The highest BCUT2D eigenvalue weighted by molar-refractivity contribution is 9.10. The summed E-state index contributed by atoms with van der Waals surface area (Å²) in [6.07, 6.45) is 4.13. The van der Waals surface area contributed by atoms with Crippen LogP contribution in [0.4, 0.5) is 0 Å². The number of benzene rings is 1. The third-order valence-corrected chi connectivity index (χ3v) is 6.55. The maximum Gasteiger partial charge on any atom is 0.242 e. The van der Waals surface area contributed by atoms with Crippen LogP contribution in [-0.2, 0) is 9.59 Å². The maximum absolute atomic E-state index is 12.8. The van der Waals surface area contributed by atoms with Gasteiger partial charge in [-0.1, -0.05) is 40.9 Å². The van der Waals surface area contributed by atoms with E-state index in [1.807, 2.05) is 24.3 Å². The molecule has 1 aromatic carbocycles. The van der Waals surface area contributed by atoms with Gasteiger partial charge >= 0.3 is 0 Å². The van der Waals surface area contributed by atoms with Crippen LogP contribution in [0.2, 0.25) is 0 Å². The van der Waals surface area contributed by atoms with E-state index in [1.165, 1.54) is 0 Å². The Morgan fingerprint density at radius 2 is 1.88 bits per heavy atom. The molecule has 0 bridgehead atoms. The summed E-state index contributed by atoms with van der Waals surface area (Å²) in [6, 6.07) is 7.85. The number of amides is 2. The highest BCUT2D eigenvalue weighted by Crippen LogP contribution is 2.43. The highest BCUT2D eigenvalue weighted by atomic mass is 79.9. The van der Waals surface area contributed by atoms with Crippen molar-refractivity contribution < 1.29 is 14.7 Å². The van der Waals surface area contributed by atoms with Crippen LogP contribution >= 0.6 is 15.9 Å². The average molecular weight is 407 g/mol. The van der Waals surface area contributed by atoms with Gasteiger partial charge < -0.3 is 14.9 Å². The third-order valence-electron chi connectivity index (χ3n) is 6.02. The molecule has 1 aromatic rings. The fourth-order valence-electron chi connectivity index (χ4n) is 4.78. The highest BCUT2D eigenvalue weighted by Gasteiger charge is 2.54. The Balaban J connectivity index is 1.55. The van der Waals surface area contributed by atoms with Gasteiger partial charge in [-0.3, -0.25) is 9.59 Å². The molecule has 3 atom stereocenters. The molecule has 2 aliphatic heterocycles. The predicted molar refractivity (Wildman–Crippen MR) is 96.9 cm³/mol. The summed E-state index contributed by atoms with van der Waals surface area (Å²) in [7, 11) is 0. The number of rotatable bonds is 3. The first-order valence-corrected chi connectivity index (χ1v) is 9.85. The molecule has 1 aliphatic carbocycles. The molecule has 0 spiro atoms. The molecule has 5 nitrogen and oxygen atoms in total. The van der Waals surface area contributed by atoms with Crippen LogP contribution in [0.1, 0.15) is 37.2 Å². The van der Waals surface area contributed by atoms with Crippen LogP contribution in [0, 0.1) is 5.92 Å². The molecule has 2 saturated heterocycles. The van der Waals surface area contributed by atoms with E-state index in [9.17, 15) is 14.7 Å². The molecular formula is C19H23BrN2O3. The van der Waals surface area contributed by atoms with Crippen LogP contribution in [0.15, 0.2) is 28.7 Å². The van der Waals surface area contributed by atoms with E-state index in [2.05, 4.69) is 15.9 Å². The minimum atomic E-state index is -0.178. The number of hydrogen-bond acceptors (Lipinski definition) is 3. The molecule has 0 radical (unpaired) electrons. The number of aliphatic hydroxyl groups is 1. The number of piperazine rings is 1. The summed E-state index contributed by atoms with van der Waals surface area (Å²) in [5.74, 6) is 0.294. The normalized spacial score (nSPS) is 29.5. The van der Waals surface area contributed by atoms with E-state index in [4.69, 9.17) is 0 Å². The molecule has 0 aromatic heterocycles. The van der Waals surface area contributed by atoms with E-state index < -0.39 is 0 Å². The average Bonchev–Trinajstić information content (AvgIpc) is 3.12. The Morgan fingerprint density at radius 1 is 1.20 bits per heavy atom. The molecule has 1 N–H and O–H groups in total. The Morgan fingerprint density at radius 3 is 2.52 bits per heavy atom. The summed E-state index contributed by atoms with van der Waals surface area (Å²) < 4.78 is 1.01. The standard InChI is InChI=1S/C19H23BrN2O3/c20-14-7-5-12(6-8-14)18-15-9-21(19(25)13-3-1-2-4-13)10-17(24)22(15)16(18)11-23/h5-8,13,15-16,18,23H,1-4,9-11H2/t15-,16-,18+/m0/s1. The molecule has 2 heterocycles. The molecular weight excluding hydrogens is 384 g/mol. The van der Waals surface area contributed by atoms with E-state index in [-0.39, 0.29) is 48.9 Å². The van der Waals surface area contributed by atoms with Crippen LogP contribution < -0.4 is 0 Å². The molecule has 1 saturated carbocycles. The lowest BCUT2D eigenvalue weighted by molar-refractivity contribution is -0.168. The zero-order valence-corrected chi connectivity index (χ0v) is 15.7. The lowest BCUT2D eigenvalue weighted by Crippen LogP contribution is -2.73. The third kappa shape index (κ3) is 2.89. The summed E-state index contributed by atoms with van der Waals surface area (Å²) in [5.41, 5.74) is 1.12. The summed E-state index contributed by atoms with van der Waals surface area (Å²) in [4.78, 5) is 28.9. The smallest absolute Gasteiger partial charge is 0.242 e. The molecule has 134 valence electrons. The van der Waals surface area contributed by atoms with Gasteiger partial charge in [0.2, 0.25) is 11.8 Å². The largest absolute Gasteiger partial charge is 0.394 e. The van der Waals surface area contributed by atoms with Gasteiger partial charge in [-0.15, -0.1) is 0 Å². The zero-order chi connectivity index (χ0) is 17.6. The number of hydrogen-bond donors (Lipinski definition) is 1. The number of fused-ring (bicyclic) bond motifs is 1. The van der Waals surface area contributed by atoms with Crippen LogP contribution in [0.25, 0.3) is 0 Å². The second kappa shape index (κ2) is 6.72. The second-order valence-corrected chi connectivity index (χ2v) is 8.31. The van der Waals surface area contributed by atoms with Crippen molar-refractivity contribution >= 4 is 27.7 Å². The van der Waals surface area contributed by atoms with Crippen molar-refractivity contribution in [2.24, 2.45) is 5.92 Å². The Bertz CT molecular complexity index is 672. The number of carbonyl (C=O) groups excluding carboxylic acids is 2. The second-order valence-electron chi connectivity index (χ2n) is 7.40. The first-order valence-electron chi connectivity index (χ1n) is 9.06. The van der Waals surface area contributed by atoms with Gasteiger partial charge in [-0.25, -0.2) is 0 Å². The maximum atomic E-state index is 12.8. The first-order chi connectivity index (χ1) is 12.1. The molecule has 4 rings (SSSR count). The zero-order valence-electron chi connectivity index (χ0n) is 14.1. The van der Waals surface area contributed by atoms with Gasteiger partial charge in [0, 0.05) is 22.9 Å². The minimum absolute atomic E-state index is 0.0232. The van der Waals surface area contributed by atoms with Gasteiger partial charge in [-0.05, 0) is 30.5 Å². The SMILES string of the molecule is O=C(C1CCCC1)N1CC(=O)N2[C@@H](CO)[C@H](c3ccc(Br)cc3)[C@@H]2C1. The number of carbonyl (C=O) groups is 2. The van der Waals surface area contributed by atoms with Crippen molar-refractivity contribution in [1.29, 1.82) is 0 Å². The van der Waals surface area contributed by atoms with Crippen molar-refractivity contribution in [2.75, 3.05) is 19.7 Å². The molecule has 6 heteroatoms. The number of aliphatic hydroxyl groups excluding tert-OH is 1. The summed E-state index contributed by atoms with van der Waals surface area (Å²) in [6.45, 7) is 0.702. The van der Waals surface area contributed by atoms with Gasteiger partial charge in [0.15, 0.2) is 0 Å². The number of halogens is 1. The van der Waals surface area contributed by atoms with Crippen LogP contribution in [0.3, 0.4) is 0 Å². The molecule has 25 heavy (non-hydrogen) atoms. The van der Waals surface area contributed by atoms with Crippen LogP contribution in [-0.4, -0.2) is 58.5 Å². The Hall–Kier alpha value is -1.40. The predicted octanol–water partition coefficient (Wildman–Crippen LogP) is 2.14. The lowest BCUT2D eigenvalue weighted by atomic mass is 9.73. The fraction of sp³-hybridized carbons (Fsp3) is 0.579. The monoisotopic (exact) mass is 406 g/mol. The van der Waals surface area contributed by atoms with E-state index in [1.54, 1.807) is 9.80 Å². The van der Waals surface area contributed by atoms with Crippen LogP contribution in [0.5, 0.6) is 0 Å².